The lowest BCUT2D eigenvalue weighted by molar-refractivity contribution is 0.0168. The lowest BCUT2D eigenvalue weighted by Crippen LogP contribution is -2.14. The zero-order chi connectivity index (χ0) is 24.6. The fourth-order valence-electron chi connectivity index (χ4n) is 3.09. The summed E-state index contributed by atoms with van der Waals surface area (Å²) >= 11 is 0. The lowest BCUT2D eigenvalue weighted by Gasteiger charge is -2.04. The van der Waals surface area contributed by atoms with Crippen LogP contribution in [0.1, 0.15) is 39.2 Å². The maximum atomic E-state index is 13.5. The maximum Gasteiger partial charge on any atom is 0.358 e. The highest BCUT2D eigenvalue weighted by Crippen LogP contribution is 2.32. The van der Waals surface area contributed by atoms with Crippen LogP contribution in [0.2, 0.25) is 0 Å². The molecule has 0 spiro atoms. The summed E-state index contributed by atoms with van der Waals surface area (Å²) in [5, 5.41) is 17.6. The average molecular weight is 473 g/mol. The third kappa shape index (κ3) is 4.35. The third-order valence-corrected chi connectivity index (χ3v) is 4.71. The molecule has 3 heterocycles. The van der Waals surface area contributed by atoms with Crippen LogP contribution in [0.25, 0.3) is 22.9 Å². The molecule has 0 saturated carbocycles. The quantitative estimate of drug-likeness (QED) is 0.392. The molecule has 0 unspecified atom stereocenters. The molecule has 0 saturated heterocycles. The van der Waals surface area contributed by atoms with Gasteiger partial charge in [0.15, 0.2) is 22.8 Å². The number of carbonyl (C=O) groups excluding carboxylic acids is 1. The summed E-state index contributed by atoms with van der Waals surface area (Å²) in [6, 6.07) is 7.54. The predicted octanol–water partition coefficient (Wildman–Crippen LogP) is 3.16. The smallest absolute Gasteiger partial charge is 0.358 e. The number of amides is 1. The van der Waals surface area contributed by atoms with Gasteiger partial charge < -0.3 is 24.4 Å². The van der Waals surface area contributed by atoms with Crippen LogP contribution < -0.4 is 10.5 Å². The standard InChI is InChI=1S/C21H17F2N5O6/c1-21(22,23)11-7-13(33-9-11)8-28-26-14(18(24)29)15(27-28)19-25-16(20(30)31)17(34-19)10-4-3-5-12(6-10)32-2/h3-7,9H,8H2,1-2H3,(H2,24,29)(H,30,31). The number of methoxy groups -OCH3 is 1. The summed E-state index contributed by atoms with van der Waals surface area (Å²) in [5.74, 6) is -5.37. The molecule has 0 aliphatic rings. The van der Waals surface area contributed by atoms with Gasteiger partial charge in [0, 0.05) is 12.5 Å². The minimum Gasteiger partial charge on any atom is -0.497 e. The number of nitrogens with zero attached hydrogens (tertiary/aromatic N) is 4. The van der Waals surface area contributed by atoms with Crippen LogP contribution in [0.3, 0.4) is 0 Å². The van der Waals surface area contributed by atoms with Gasteiger partial charge in [0.2, 0.25) is 0 Å². The van der Waals surface area contributed by atoms with E-state index in [4.69, 9.17) is 19.3 Å². The predicted molar refractivity (Wildman–Crippen MR) is 110 cm³/mol. The number of rotatable bonds is 8. The van der Waals surface area contributed by atoms with E-state index in [1.807, 2.05) is 0 Å². The Hall–Kier alpha value is -4.55. The minimum absolute atomic E-state index is 0.0878. The number of halogens is 2. The number of hydrogen-bond acceptors (Lipinski definition) is 8. The second-order valence-electron chi connectivity index (χ2n) is 7.22. The first kappa shape index (κ1) is 22.6. The van der Waals surface area contributed by atoms with E-state index in [-0.39, 0.29) is 40.9 Å². The van der Waals surface area contributed by atoms with E-state index in [2.05, 4.69) is 15.2 Å². The Labute approximate surface area is 189 Å². The van der Waals surface area contributed by atoms with E-state index in [9.17, 15) is 23.5 Å². The first-order valence-electron chi connectivity index (χ1n) is 9.66. The van der Waals surface area contributed by atoms with E-state index < -0.39 is 23.5 Å². The normalized spacial score (nSPS) is 11.5. The van der Waals surface area contributed by atoms with Crippen molar-refractivity contribution in [3.8, 4) is 28.7 Å². The average Bonchev–Trinajstić information content (AvgIpc) is 3.51. The Morgan fingerprint density at radius 3 is 2.62 bits per heavy atom. The second kappa shape index (κ2) is 8.42. The Morgan fingerprint density at radius 1 is 1.24 bits per heavy atom. The molecule has 4 aromatic rings. The van der Waals surface area contributed by atoms with E-state index in [0.717, 1.165) is 24.0 Å². The SMILES string of the molecule is COc1cccc(-c2oc(-c3nn(Cc4cc(C(C)(F)F)co4)nc3C(N)=O)nc2C(=O)O)c1. The van der Waals surface area contributed by atoms with Crippen molar-refractivity contribution in [1.82, 2.24) is 20.0 Å². The molecule has 34 heavy (non-hydrogen) atoms. The van der Waals surface area contributed by atoms with Gasteiger partial charge in [0.25, 0.3) is 17.7 Å². The molecule has 3 N–H and O–H groups in total. The monoisotopic (exact) mass is 473 g/mol. The summed E-state index contributed by atoms with van der Waals surface area (Å²) in [5.41, 5.74) is 4.39. The molecule has 0 atom stereocenters. The Morgan fingerprint density at radius 2 is 2.00 bits per heavy atom. The number of ether oxygens (including phenoxy) is 1. The van der Waals surface area contributed by atoms with Crippen LogP contribution in [-0.4, -0.2) is 44.1 Å². The summed E-state index contributed by atoms with van der Waals surface area (Å²) in [4.78, 5) is 28.7. The summed E-state index contributed by atoms with van der Waals surface area (Å²) < 4.78 is 42.8. The van der Waals surface area contributed by atoms with Crippen LogP contribution in [0.4, 0.5) is 8.78 Å². The third-order valence-electron chi connectivity index (χ3n) is 4.71. The number of aromatic nitrogens is 4. The summed E-state index contributed by atoms with van der Waals surface area (Å²) in [6.07, 6.45) is 0.905. The molecular formula is C21H17F2N5O6. The fraction of sp³-hybridized carbons (Fsp3) is 0.190. The number of nitrogens with two attached hydrogens (primary N) is 1. The van der Waals surface area contributed by atoms with Gasteiger partial charge in [-0.25, -0.2) is 13.6 Å². The number of alkyl halides is 2. The molecule has 0 aliphatic heterocycles. The molecule has 11 nitrogen and oxygen atoms in total. The Bertz CT molecular complexity index is 1380. The molecule has 4 rings (SSSR count). The summed E-state index contributed by atoms with van der Waals surface area (Å²) in [7, 11) is 1.45. The molecule has 0 fully saturated rings. The maximum absolute atomic E-state index is 13.5. The van der Waals surface area contributed by atoms with Crippen LogP contribution in [-0.2, 0) is 12.5 Å². The molecule has 1 amide bonds. The molecular weight excluding hydrogens is 456 g/mol. The van der Waals surface area contributed by atoms with E-state index in [0.29, 0.717) is 11.3 Å². The number of carboxylic acid groups (broad SMARTS) is 1. The topological polar surface area (TPSA) is 160 Å². The van der Waals surface area contributed by atoms with Gasteiger partial charge >= 0.3 is 5.97 Å². The Balaban J connectivity index is 1.75. The second-order valence-corrected chi connectivity index (χ2v) is 7.22. The molecule has 3 aromatic heterocycles. The van der Waals surface area contributed by atoms with Crippen molar-refractivity contribution in [3.05, 3.63) is 59.3 Å². The molecule has 0 radical (unpaired) electrons. The van der Waals surface area contributed by atoms with E-state index >= 15 is 0 Å². The van der Waals surface area contributed by atoms with Crippen molar-refractivity contribution in [2.24, 2.45) is 5.73 Å². The summed E-state index contributed by atoms with van der Waals surface area (Å²) in [6.45, 7) is 0.505. The van der Waals surface area contributed by atoms with E-state index in [1.54, 1.807) is 24.3 Å². The van der Waals surface area contributed by atoms with Crippen molar-refractivity contribution in [2.75, 3.05) is 7.11 Å². The lowest BCUT2D eigenvalue weighted by atomic mass is 10.1. The zero-order valence-corrected chi connectivity index (χ0v) is 17.8. The number of hydrogen-bond donors (Lipinski definition) is 2. The van der Waals surface area contributed by atoms with E-state index in [1.165, 1.54) is 7.11 Å². The molecule has 176 valence electrons. The van der Waals surface area contributed by atoms with Crippen LogP contribution in [0.5, 0.6) is 5.75 Å². The minimum atomic E-state index is -3.11. The highest BCUT2D eigenvalue weighted by atomic mass is 19.3. The number of primary amides is 1. The van der Waals surface area contributed by atoms with Gasteiger partial charge in [0.05, 0.1) is 18.9 Å². The van der Waals surface area contributed by atoms with Crippen LogP contribution >= 0.6 is 0 Å². The van der Waals surface area contributed by atoms with Crippen molar-refractivity contribution < 1.29 is 37.0 Å². The largest absolute Gasteiger partial charge is 0.497 e. The molecule has 0 bridgehead atoms. The molecule has 0 aliphatic carbocycles. The van der Waals surface area contributed by atoms with Gasteiger partial charge in [-0.3, -0.25) is 4.79 Å². The van der Waals surface area contributed by atoms with Crippen LogP contribution in [0.15, 0.2) is 45.4 Å². The number of furan rings is 1. The number of carbonyl (C=O) groups is 2. The first-order valence-corrected chi connectivity index (χ1v) is 9.66. The number of carboxylic acids is 1. The molecule has 1 aromatic carbocycles. The van der Waals surface area contributed by atoms with Crippen LogP contribution in [0, 0.1) is 0 Å². The Kier molecular flexibility index (Phi) is 5.61. The van der Waals surface area contributed by atoms with Crippen molar-refractivity contribution in [3.63, 3.8) is 0 Å². The van der Waals surface area contributed by atoms with Gasteiger partial charge in [-0.05, 0) is 18.2 Å². The molecule has 13 heteroatoms. The number of aromatic carboxylic acids is 1. The van der Waals surface area contributed by atoms with Gasteiger partial charge in [-0.15, -0.1) is 10.2 Å². The van der Waals surface area contributed by atoms with Crippen molar-refractivity contribution in [2.45, 2.75) is 19.4 Å². The highest BCUT2D eigenvalue weighted by Gasteiger charge is 2.29. The van der Waals surface area contributed by atoms with Crippen molar-refractivity contribution in [1.29, 1.82) is 0 Å². The number of benzene rings is 1. The van der Waals surface area contributed by atoms with Gasteiger partial charge in [-0.2, -0.15) is 9.78 Å². The van der Waals surface area contributed by atoms with Gasteiger partial charge in [0.1, 0.15) is 18.1 Å². The highest BCUT2D eigenvalue weighted by molar-refractivity contribution is 5.97. The van der Waals surface area contributed by atoms with Crippen molar-refractivity contribution >= 4 is 11.9 Å². The zero-order valence-electron chi connectivity index (χ0n) is 17.8. The first-order chi connectivity index (χ1) is 16.1. The van der Waals surface area contributed by atoms with Gasteiger partial charge in [-0.1, -0.05) is 12.1 Å². The number of oxazole rings is 1. The fourth-order valence-corrected chi connectivity index (χ4v) is 3.09.